The summed E-state index contributed by atoms with van der Waals surface area (Å²) in [6.07, 6.45) is 7.85. The standard InChI is InChI=1S/C16H20O3/c1-4-5-6-7-14(17)13-10-15-12(8-11(2)19-15)9-16(13)18-3/h1,9-11,14,17H,5-8H2,2-3H3. The fraction of sp³-hybridized carbons (Fsp3) is 0.500. The molecule has 0 radical (unpaired) electrons. The van der Waals surface area contributed by atoms with Crippen LogP contribution in [0, 0.1) is 12.3 Å². The Hall–Kier alpha value is -1.66. The summed E-state index contributed by atoms with van der Waals surface area (Å²) in [7, 11) is 1.62. The van der Waals surface area contributed by atoms with Crippen LogP contribution in [0.2, 0.25) is 0 Å². The van der Waals surface area contributed by atoms with Gasteiger partial charge in [-0.1, -0.05) is 0 Å². The highest BCUT2D eigenvalue weighted by atomic mass is 16.5. The second-order valence-corrected chi connectivity index (χ2v) is 4.95. The molecule has 1 aromatic rings. The zero-order chi connectivity index (χ0) is 13.8. The van der Waals surface area contributed by atoms with Crippen LogP contribution in [-0.4, -0.2) is 18.3 Å². The number of unbranched alkanes of at least 4 members (excludes halogenated alkanes) is 1. The average molecular weight is 260 g/mol. The summed E-state index contributed by atoms with van der Waals surface area (Å²) in [5.74, 6) is 4.17. The van der Waals surface area contributed by atoms with Gasteiger partial charge in [-0.15, -0.1) is 12.3 Å². The van der Waals surface area contributed by atoms with E-state index >= 15 is 0 Å². The van der Waals surface area contributed by atoms with Crippen molar-refractivity contribution in [3.05, 3.63) is 23.3 Å². The summed E-state index contributed by atoms with van der Waals surface area (Å²) in [6.45, 7) is 2.04. The Bertz CT molecular complexity index is 488. The Morgan fingerprint density at radius 2 is 2.37 bits per heavy atom. The van der Waals surface area contributed by atoms with Gasteiger partial charge in [-0.25, -0.2) is 0 Å². The molecule has 0 bridgehead atoms. The molecule has 19 heavy (non-hydrogen) atoms. The minimum Gasteiger partial charge on any atom is -0.496 e. The number of methoxy groups -OCH3 is 1. The molecule has 2 unspecified atom stereocenters. The summed E-state index contributed by atoms with van der Waals surface area (Å²) in [6, 6.07) is 3.87. The molecule has 1 aliphatic rings. The third-order valence-electron chi connectivity index (χ3n) is 3.41. The predicted octanol–water partition coefficient (Wildman–Crippen LogP) is 2.86. The zero-order valence-corrected chi connectivity index (χ0v) is 11.5. The largest absolute Gasteiger partial charge is 0.496 e. The summed E-state index contributed by atoms with van der Waals surface area (Å²) >= 11 is 0. The molecule has 0 aliphatic carbocycles. The van der Waals surface area contributed by atoms with E-state index in [4.69, 9.17) is 15.9 Å². The van der Waals surface area contributed by atoms with Gasteiger partial charge in [0.05, 0.1) is 13.2 Å². The van der Waals surface area contributed by atoms with Gasteiger partial charge in [-0.3, -0.25) is 0 Å². The SMILES string of the molecule is C#CCCCC(O)c1cc2c(cc1OC)CC(C)O2. The van der Waals surface area contributed by atoms with Gasteiger partial charge in [0.1, 0.15) is 17.6 Å². The van der Waals surface area contributed by atoms with Gasteiger partial charge < -0.3 is 14.6 Å². The van der Waals surface area contributed by atoms with E-state index in [9.17, 15) is 5.11 Å². The molecule has 0 spiro atoms. The van der Waals surface area contributed by atoms with E-state index in [0.29, 0.717) is 12.8 Å². The second kappa shape index (κ2) is 5.99. The summed E-state index contributed by atoms with van der Waals surface area (Å²) in [4.78, 5) is 0. The zero-order valence-electron chi connectivity index (χ0n) is 11.5. The van der Waals surface area contributed by atoms with Crippen LogP contribution >= 0.6 is 0 Å². The number of hydrogen-bond acceptors (Lipinski definition) is 3. The average Bonchev–Trinajstić information content (AvgIpc) is 2.76. The monoisotopic (exact) mass is 260 g/mol. The van der Waals surface area contributed by atoms with Crippen LogP contribution in [0.3, 0.4) is 0 Å². The third kappa shape index (κ3) is 3.02. The van der Waals surface area contributed by atoms with E-state index in [-0.39, 0.29) is 6.10 Å². The third-order valence-corrected chi connectivity index (χ3v) is 3.41. The Labute approximate surface area is 114 Å². The number of benzene rings is 1. The maximum Gasteiger partial charge on any atom is 0.125 e. The topological polar surface area (TPSA) is 38.7 Å². The molecule has 0 fully saturated rings. The van der Waals surface area contributed by atoms with Crippen molar-refractivity contribution in [3.8, 4) is 23.8 Å². The van der Waals surface area contributed by atoms with E-state index in [0.717, 1.165) is 35.5 Å². The number of terminal acetylenes is 1. The first-order chi connectivity index (χ1) is 9.15. The fourth-order valence-corrected chi connectivity index (χ4v) is 2.45. The van der Waals surface area contributed by atoms with Crippen LogP contribution in [0.1, 0.15) is 43.4 Å². The number of aliphatic hydroxyl groups excluding tert-OH is 1. The lowest BCUT2D eigenvalue weighted by molar-refractivity contribution is 0.160. The molecular weight excluding hydrogens is 240 g/mol. The van der Waals surface area contributed by atoms with E-state index in [1.54, 1.807) is 7.11 Å². The van der Waals surface area contributed by atoms with Crippen molar-refractivity contribution in [3.63, 3.8) is 0 Å². The summed E-state index contributed by atoms with van der Waals surface area (Å²) < 4.78 is 11.1. The molecule has 1 aliphatic heterocycles. The molecule has 1 aromatic carbocycles. The maximum atomic E-state index is 10.3. The van der Waals surface area contributed by atoms with Crippen molar-refractivity contribution >= 4 is 0 Å². The quantitative estimate of drug-likeness (QED) is 0.653. The summed E-state index contributed by atoms with van der Waals surface area (Å²) in [5.41, 5.74) is 1.93. The Morgan fingerprint density at radius 3 is 3.05 bits per heavy atom. The highest BCUT2D eigenvalue weighted by Gasteiger charge is 2.23. The highest BCUT2D eigenvalue weighted by molar-refractivity contribution is 5.49. The van der Waals surface area contributed by atoms with E-state index in [1.807, 2.05) is 19.1 Å². The number of hydrogen-bond donors (Lipinski definition) is 1. The summed E-state index contributed by atoms with van der Waals surface area (Å²) in [5, 5.41) is 10.3. The van der Waals surface area contributed by atoms with Crippen molar-refractivity contribution in [2.45, 2.75) is 44.8 Å². The van der Waals surface area contributed by atoms with Crippen LogP contribution in [0.5, 0.6) is 11.5 Å². The van der Waals surface area contributed by atoms with Crippen LogP contribution in [0.25, 0.3) is 0 Å². The highest BCUT2D eigenvalue weighted by Crippen LogP contribution is 2.38. The molecule has 1 heterocycles. The van der Waals surface area contributed by atoms with Gasteiger partial charge in [0, 0.05) is 24.0 Å². The van der Waals surface area contributed by atoms with Gasteiger partial charge in [-0.2, -0.15) is 0 Å². The van der Waals surface area contributed by atoms with Gasteiger partial charge >= 0.3 is 0 Å². The molecule has 3 heteroatoms. The van der Waals surface area contributed by atoms with E-state index in [2.05, 4.69) is 5.92 Å². The smallest absolute Gasteiger partial charge is 0.125 e. The molecule has 0 saturated heterocycles. The van der Waals surface area contributed by atoms with Crippen molar-refractivity contribution in [2.75, 3.05) is 7.11 Å². The van der Waals surface area contributed by atoms with Crippen molar-refractivity contribution < 1.29 is 14.6 Å². The lowest BCUT2D eigenvalue weighted by Crippen LogP contribution is -2.05. The molecule has 0 amide bonds. The minimum atomic E-state index is -0.562. The molecule has 0 aromatic heterocycles. The Balaban J connectivity index is 2.20. The van der Waals surface area contributed by atoms with Crippen LogP contribution in [0.4, 0.5) is 0 Å². The molecule has 2 atom stereocenters. The number of fused-ring (bicyclic) bond motifs is 1. The van der Waals surface area contributed by atoms with Crippen LogP contribution in [-0.2, 0) is 6.42 Å². The Kier molecular flexibility index (Phi) is 4.34. The predicted molar refractivity (Wildman–Crippen MR) is 74.4 cm³/mol. The van der Waals surface area contributed by atoms with Crippen LogP contribution in [0.15, 0.2) is 12.1 Å². The molecular formula is C16H20O3. The fourth-order valence-electron chi connectivity index (χ4n) is 2.45. The van der Waals surface area contributed by atoms with Crippen LogP contribution < -0.4 is 9.47 Å². The molecule has 0 saturated carbocycles. The maximum absolute atomic E-state index is 10.3. The van der Waals surface area contributed by atoms with Gasteiger partial charge in [-0.05, 0) is 31.9 Å². The first kappa shape index (κ1) is 13.8. The normalized spacial score (nSPS) is 18.3. The second-order valence-electron chi connectivity index (χ2n) is 4.95. The molecule has 2 rings (SSSR count). The van der Waals surface area contributed by atoms with Gasteiger partial charge in [0.15, 0.2) is 0 Å². The Morgan fingerprint density at radius 1 is 1.58 bits per heavy atom. The van der Waals surface area contributed by atoms with Crippen molar-refractivity contribution in [1.29, 1.82) is 0 Å². The first-order valence-electron chi connectivity index (χ1n) is 6.64. The van der Waals surface area contributed by atoms with E-state index < -0.39 is 6.10 Å². The molecule has 102 valence electrons. The minimum absolute atomic E-state index is 0.188. The number of ether oxygens (including phenoxy) is 2. The van der Waals surface area contributed by atoms with Gasteiger partial charge in [0.2, 0.25) is 0 Å². The van der Waals surface area contributed by atoms with E-state index in [1.165, 1.54) is 0 Å². The van der Waals surface area contributed by atoms with Crippen molar-refractivity contribution in [2.24, 2.45) is 0 Å². The number of aliphatic hydroxyl groups is 1. The van der Waals surface area contributed by atoms with Crippen molar-refractivity contribution in [1.82, 2.24) is 0 Å². The number of rotatable bonds is 5. The molecule has 1 N–H and O–H groups in total. The van der Waals surface area contributed by atoms with Gasteiger partial charge in [0.25, 0.3) is 0 Å². The molecule has 3 nitrogen and oxygen atoms in total. The lowest BCUT2D eigenvalue weighted by Gasteiger charge is -2.16. The lowest BCUT2D eigenvalue weighted by atomic mass is 9.99. The first-order valence-corrected chi connectivity index (χ1v) is 6.64.